The smallest absolute Gasteiger partial charge is 0.0700 e. The molecule has 1 fully saturated rings. The molecule has 0 aromatic carbocycles. The maximum Gasteiger partial charge on any atom is 0.0700 e. The van der Waals surface area contributed by atoms with Crippen molar-refractivity contribution >= 4 is 0 Å². The number of nitrogens with one attached hydrogen (secondary N) is 1. The van der Waals surface area contributed by atoms with E-state index in [0.29, 0.717) is 18.8 Å². The molecule has 1 atom stereocenters. The molecule has 3 heteroatoms. The number of hydrogen-bond acceptors (Lipinski definition) is 3. The number of rotatable bonds is 6. The summed E-state index contributed by atoms with van der Waals surface area (Å²) in [4.78, 5) is 0. The Morgan fingerprint density at radius 1 is 1.13 bits per heavy atom. The molecule has 1 rings (SSSR count). The Kier molecular flexibility index (Phi) is 6.22. The van der Waals surface area contributed by atoms with Gasteiger partial charge in [0, 0.05) is 19.3 Å². The zero-order valence-electron chi connectivity index (χ0n) is 10.2. The summed E-state index contributed by atoms with van der Waals surface area (Å²) in [7, 11) is 1.71. The standard InChI is InChI=1S/C12H25NO2/c1-12(6-4-3-5-8-13-12)7-9-15-11-10-14-2/h13H,3-11H2,1-2H3. The minimum atomic E-state index is 0.295. The predicted octanol–water partition coefficient (Wildman–Crippen LogP) is 1.96. The van der Waals surface area contributed by atoms with Crippen LogP contribution in [0.25, 0.3) is 0 Å². The highest BCUT2D eigenvalue weighted by molar-refractivity contribution is 4.84. The Morgan fingerprint density at radius 3 is 2.80 bits per heavy atom. The zero-order valence-corrected chi connectivity index (χ0v) is 10.2. The van der Waals surface area contributed by atoms with Gasteiger partial charge >= 0.3 is 0 Å². The van der Waals surface area contributed by atoms with E-state index < -0.39 is 0 Å². The van der Waals surface area contributed by atoms with Crippen LogP contribution in [0.2, 0.25) is 0 Å². The second-order valence-corrected chi connectivity index (χ2v) is 4.65. The third-order valence-electron chi connectivity index (χ3n) is 3.19. The second-order valence-electron chi connectivity index (χ2n) is 4.65. The van der Waals surface area contributed by atoms with E-state index in [0.717, 1.165) is 19.6 Å². The molecule has 0 radical (unpaired) electrons. The van der Waals surface area contributed by atoms with Gasteiger partial charge in [-0.3, -0.25) is 0 Å². The van der Waals surface area contributed by atoms with Crippen LogP contribution in [0.1, 0.15) is 39.0 Å². The van der Waals surface area contributed by atoms with Crippen molar-refractivity contribution in [3.05, 3.63) is 0 Å². The summed E-state index contributed by atoms with van der Waals surface area (Å²) in [6, 6.07) is 0. The molecule has 0 amide bonds. The predicted molar refractivity (Wildman–Crippen MR) is 62.2 cm³/mol. The normalized spacial score (nSPS) is 27.6. The van der Waals surface area contributed by atoms with Gasteiger partial charge in [0.05, 0.1) is 13.2 Å². The van der Waals surface area contributed by atoms with Crippen molar-refractivity contribution in [2.24, 2.45) is 0 Å². The van der Waals surface area contributed by atoms with Gasteiger partial charge in [0.2, 0.25) is 0 Å². The quantitative estimate of drug-likeness (QED) is 0.687. The minimum Gasteiger partial charge on any atom is -0.382 e. The van der Waals surface area contributed by atoms with Crippen molar-refractivity contribution in [1.29, 1.82) is 0 Å². The van der Waals surface area contributed by atoms with Crippen LogP contribution in [0.3, 0.4) is 0 Å². The molecule has 0 bridgehead atoms. The highest BCUT2D eigenvalue weighted by Gasteiger charge is 2.24. The van der Waals surface area contributed by atoms with Crippen molar-refractivity contribution in [1.82, 2.24) is 5.32 Å². The highest BCUT2D eigenvalue weighted by atomic mass is 16.5. The molecular weight excluding hydrogens is 190 g/mol. The van der Waals surface area contributed by atoms with Gasteiger partial charge in [-0.2, -0.15) is 0 Å². The molecule has 0 saturated carbocycles. The monoisotopic (exact) mass is 215 g/mol. The van der Waals surface area contributed by atoms with Crippen molar-refractivity contribution in [2.45, 2.75) is 44.6 Å². The topological polar surface area (TPSA) is 30.5 Å². The van der Waals surface area contributed by atoms with Crippen molar-refractivity contribution in [3.8, 4) is 0 Å². The average Bonchev–Trinajstić information content (AvgIpc) is 2.43. The van der Waals surface area contributed by atoms with Crippen molar-refractivity contribution in [3.63, 3.8) is 0 Å². The first-order valence-electron chi connectivity index (χ1n) is 6.08. The van der Waals surface area contributed by atoms with Crippen LogP contribution in [0, 0.1) is 0 Å². The Morgan fingerprint density at radius 2 is 2.00 bits per heavy atom. The molecule has 3 nitrogen and oxygen atoms in total. The fourth-order valence-electron chi connectivity index (χ4n) is 2.05. The van der Waals surface area contributed by atoms with E-state index in [2.05, 4.69) is 12.2 Å². The first-order valence-corrected chi connectivity index (χ1v) is 6.08. The lowest BCUT2D eigenvalue weighted by molar-refractivity contribution is 0.0586. The Hall–Kier alpha value is -0.120. The third kappa shape index (κ3) is 5.50. The lowest BCUT2D eigenvalue weighted by Gasteiger charge is -2.29. The summed E-state index contributed by atoms with van der Waals surface area (Å²) >= 11 is 0. The van der Waals surface area contributed by atoms with Crippen LogP contribution in [-0.2, 0) is 9.47 Å². The molecule has 1 aliphatic rings. The average molecular weight is 215 g/mol. The van der Waals surface area contributed by atoms with E-state index >= 15 is 0 Å². The number of methoxy groups -OCH3 is 1. The molecule has 0 aromatic heterocycles. The molecule has 0 aromatic rings. The third-order valence-corrected chi connectivity index (χ3v) is 3.19. The van der Waals surface area contributed by atoms with Gasteiger partial charge in [0.1, 0.15) is 0 Å². The maximum atomic E-state index is 5.52. The molecule has 1 N–H and O–H groups in total. The molecule has 1 aliphatic heterocycles. The molecule has 1 saturated heterocycles. The van der Waals surface area contributed by atoms with Crippen LogP contribution >= 0.6 is 0 Å². The fourth-order valence-corrected chi connectivity index (χ4v) is 2.05. The van der Waals surface area contributed by atoms with Crippen molar-refractivity contribution < 1.29 is 9.47 Å². The van der Waals surface area contributed by atoms with Crippen LogP contribution < -0.4 is 5.32 Å². The van der Waals surface area contributed by atoms with Gasteiger partial charge in [0.25, 0.3) is 0 Å². The van der Waals surface area contributed by atoms with Gasteiger partial charge in [-0.15, -0.1) is 0 Å². The molecule has 0 aliphatic carbocycles. The van der Waals surface area contributed by atoms with Crippen LogP contribution in [0.15, 0.2) is 0 Å². The van der Waals surface area contributed by atoms with Gasteiger partial charge < -0.3 is 14.8 Å². The van der Waals surface area contributed by atoms with E-state index in [1.807, 2.05) is 0 Å². The van der Waals surface area contributed by atoms with E-state index in [1.165, 1.54) is 25.7 Å². The Bertz CT molecular complexity index is 154. The minimum absolute atomic E-state index is 0.295. The van der Waals surface area contributed by atoms with Crippen LogP contribution in [0.5, 0.6) is 0 Å². The summed E-state index contributed by atoms with van der Waals surface area (Å²) < 4.78 is 10.5. The SMILES string of the molecule is COCCOCCC1(C)CCCCCN1. The molecule has 90 valence electrons. The van der Waals surface area contributed by atoms with Gasteiger partial charge in [0.15, 0.2) is 0 Å². The number of hydrogen-bond donors (Lipinski definition) is 1. The lowest BCUT2D eigenvalue weighted by Crippen LogP contribution is -2.42. The highest BCUT2D eigenvalue weighted by Crippen LogP contribution is 2.21. The zero-order chi connectivity index (χ0) is 11.0. The molecular formula is C12H25NO2. The molecule has 1 heterocycles. The van der Waals surface area contributed by atoms with Crippen LogP contribution in [0.4, 0.5) is 0 Å². The summed E-state index contributed by atoms with van der Waals surface area (Å²) in [5.74, 6) is 0. The van der Waals surface area contributed by atoms with Gasteiger partial charge in [-0.05, 0) is 32.7 Å². The fraction of sp³-hybridized carbons (Fsp3) is 1.00. The lowest BCUT2D eigenvalue weighted by atomic mass is 9.93. The van der Waals surface area contributed by atoms with Gasteiger partial charge in [-0.25, -0.2) is 0 Å². The Balaban J connectivity index is 2.11. The van der Waals surface area contributed by atoms with E-state index in [1.54, 1.807) is 7.11 Å². The Labute approximate surface area is 93.5 Å². The largest absolute Gasteiger partial charge is 0.382 e. The van der Waals surface area contributed by atoms with E-state index in [4.69, 9.17) is 9.47 Å². The summed E-state index contributed by atoms with van der Waals surface area (Å²) in [6.45, 7) is 5.73. The summed E-state index contributed by atoms with van der Waals surface area (Å²) in [5, 5.41) is 3.64. The second kappa shape index (κ2) is 7.20. The molecule has 15 heavy (non-hydrogen) atoms. The molecule has 0 spiro atoms. The van der Waals surface area contributed by atoms with Crippen LogP contribution in [-0.4, -0.2) is 39.0 Å². The van der Waals surface area contributed by atoms with Crippen molar-refractivity contribution in [2.75, 3.05) is 33.5 Å². The first-order chi connectivity index (χ1) is 7.27. The van der Waals surface area contributed by atoms with Gasteiger partial charge in [-0.1, -0.05) is 12.8 Å². The van der Waals surface area contributed by atoms with E-state index in [-0.39, 0.29) is 0 Å². The van der Waals surface area contributed by atoms with E-state index in [9.17, 15) is 0 Å². The number of ether oxygens (including phenoxy) is 2. The first kappa shape index (κ1) is 12.9. The molecule has 1 unspecified atom stereocenters. The summed E-state index contributed by atoms with van der Waals surface area (Å²) in [5.41, 5.74) is 0.295. The maximum absolute atomic E-state index is 5.52. The summed E-state index contributed by atoms with van der Waals surface area (Å²) in [6.07, 6.45) is 6.42.